The molecular formula is C11H21N5O3. The molecule has 4 amide bonds. The van der Waals surface area contributed by atoms with Crippen molar-refractivity contribution in [2.75, 3.05) is 40.3 Å². The lowest BCUT2D eigenvalue weighted by molar-refractivity contribution is -0.128. The Morgan fingerprint density at radius 1 is 1.26 bits per heavy atom. The Morgan fingerprint density at radius 2 is 2.00 bits per heavy atom. The van der Waals surface area contributed by atoms with Crippen molar-refractivity contribution in [1.82, 2.24) is 26.2 Å². The summed E-state index contributed by atoms with van der Waals surface area (Å²) in [5.74, 6) is -0.424. The summed E-state index contributed by atoms with van der Waals surface area (Å²) in [4.78, 5) is 36.1. The molecule has 0 aromatic carbocycles. The van der Waals surface area contributed by atoms with Gasteiger partial charge in [0.2, 0.25) is 11.8 Å². The molecule has 0 spiro atoms. The SMILES string of the molecule is CNC(=O)NC(=O)CCN1CCNCC1C(=O)NC. The van der Waals surface area contributed by atoms with Crippen molar-refractivity contribution < 1.29 is 14.4 Å². The minimum absolute atomic E-state index is 0.0705. The summed E-state index contributed by atoms with van der Waals surface area (Å²) in [5, 5.41) is 10.3. The second-order valence-corrected chi connectivity index (χ2v) is 4.25. The first kappa shape index (κ1) is 15.4. The monoisotopic (exact) mass is 271 g/mol. The van der Waals surface area contributed by atoms with Crippen LogP contribution in [0.25, 0.3) is 0 Å². The van der Waals surface area contributed by atoms with Crippen molar-refractivity contribution in [3.63, 3.8) is 0 Å². The van der Waals surface area contributed by atoms with Gasteiger partial charge >= 0.3 is 6.03 Å². The van der Waals surface area contributed by atoms with E-state index in [1.807, 2.05) is 4.90 Å². The fourth-order valence-corrected chi connectivity index (χ4v) is 1.94. The number of likely N-dealkylation sites (N-methyl/N-ethyl adjacent to an activating group) is 1. The van der Waals surface area contributed by atoms with E-state index >= 15 is 0 Å². The maximum atomic E-state index is 11.7. The standard InChI is InChI=1S/C11H21N5O3/c1-12-10(18)8-7-14-4-6-16(8)5-3-9(17)15-11(19)13-2/h8,14H,3-7H2,1-2H3,(H,12,18)(H2,13,15,17,19). The van der Waals surface area contributed by atoms with Crippen LogP contribution in [0.3, 0.4) is 0 Å². The van der Waals surface area contributed by atoms with Crippen molar-refractivity contribution in [1.29, 1.82) is 0 Å². The predicted octanol–water partition coefficient (Wildman–Crippen LogP) is -2.15. The molecule has 1 unspecified atom stereocenters. The van der Waals surface area contributed by atoms with Crippen LogP contribution in [-0.2, 0) is 9.59 Å². The number of carbonyl (C=O) groups excluding carboxylic acids is 3. The van der Waals surface area contributed by atoms with E-state index in [1.165, 1.54) is 7.05 Å². The maximum absolute atomic E-state index is 11.7. The molecule has 0 saturated carbocycles. The van der Waals surface area contributed by atoms with E-state index in [0.29, 0.717) is 19.6 Å². The van der Waals surface area contributed by atoms with Gasteiger partial charge in [-0.1, -0.05) is 0 Å². The molecule has 1 saturated heterocycles. The highest BCUT2D eigenvalue weighted by Crippen LogP contribution is 2.04. The van der Waals surface area contributed by atoms with Crippen molar-refractivity contribution in [2.45, 2.75) is 12.5 Å². The molecule has 4 N–H and O–H groups in total. The number of nitrogens with zero attached hydrogens (tertiary/aromatic N) is 1. The largest absolute Gasteiger partial charge is 0.358 e. The van der Waals surface area contributed by atoms with E-state index in [1.54, 1.807) is 7.05 Å². The number of nitrogens with one attached hydrogen (secondary N) is 4. The van der Waals surface area contributed by atoms with E-state index in [4.69, 9.17) is 0 Å². The number of imide groups is 1. The average molecular weight is 271 g/mol. The van der Waals surface area contributed by atoms with E-state index < -0.39 is 6.03 Å². The van der Waals surface area contributed by atoms with Gasteiger partial charge in [-0.3, -0.25) is 19.8 Å². The van der Waals surface area contributed by atoms with Crippen molar-refractivity contribution >= 4 is 17.8 Å². The number of hydrogen-bond acceptors (Lipinski definition) is 5. The van der Waals surface area contributed by atoms with Gasteiger partial charge in [-0.25, -0.2) is 4.79 Å². The molecule has 0 aliphatic carbocycles. The third-order valence-electron chi connectivity index (χ3n) is 3.01. The molecule has 8 heteroatoms. The van der Waals surface area contributed by atoms with Gasteiger partial charge in [-0.15, -0.1) is 0 Å². The lowest BCUT2D eigenvalue weighted by Gasteiger charge is -2.34. The molecule has 0 radical (unpaired) electrons. The molecule has 0 aromatic heterocycles. The maximum Gasteiger partial charge on any atom is 0.321 e. The predicted molar refractivity (Wildman–Crippen MR) is 69.5 cm³/mol. The van der Waals surface area contributed by atoms with Crippen molar-refractivity contribution in [3.05, 3.63) is 0 Å². The number of amides is 4. The third kappa shape index (κ3) is 4.84. The zero-order chi connectivity index (χ0) is 14.3. The number of rotatable bonds is 4. The minimum atomic E-state index is -0.520. The van der Waals surface area contributed by atoms with Crippen LogP contribution in [0.2, 0.25) is 0 Å². The Bertz CT molecular complexity index is 347. The molecule has 1 aliphatic heterocycles. The molecular weight excluding hydrogens is 250 g/mol. The number of hydrogen-bond donors (Lipinski definition) is 4. The van der Waals surface area contributed by atoms with Gasteiger partial charge in [0, 0.05) is 46.7 Å². The smallest absolute Gasteiger partial charge is 0.321 e. The van der Waals surface area contributed by atoms with Crippen LogP contribution in [-0.4, -0.2) is 69.1 Å². The molecule has 1 rings (SSSR count). The van der Waals surface area contributed by atoms with Crippen LogP contribution in [0.5, 0.6) is 0 Å². The zero-order valence-electron chi connectivity index (χ0n) is 11.3. The molecule has 0 bridgehead atoms. The number of carbonyl (C=O) groups is 3. The van der Waals surface area contributed by atoms with Gasteiger partial charge in [-0.05, 0) is 0 Å². The number of piperazine rings is 1. The van der Waals surface area contributed by atoms with E-state index in [0.717, 1.165) is 6.54 Å². The Balaban J connectivity index is 2.42. The highest BCUT2D eigenvalue weighted by molar-refractivity contribution is 5.94. The topological polar surface area (TPSA) is 103 Å². The molecule has 108 valence electrons. The van der Waals surface area contributed by atoms with Crippen LogP contribution in [0.4, 0.5) is 4.79 Å². The van der Waals surface area contributed by atoms with Gasteiger partial charge in [-0.2, -0.15) is 0 Å². The Kier molecular flexibility index (Phi) is 6.23. The summed E-state index contributed by atoms with van der Waals surface area (Å²) in [6, 6.07) is -0.792. The minimum Gasteiger partial charge on any atom is -0.358 e. The summed E-state index contributed by atoms with van der Waals surface area (Å²) in [7, 11) is 3.04. The van der Waals surface area contributed by atoms with Crippen molar-refractivity contribution in [3.8, 4) is 0 Å². The highest BCUT2D eigenvalue weighted by atomic mass is 16.2. The Morgan fingerprint density at radius 3 is 2.63 bits per heavy atom. The third-order valence-corrected chi connectivity index (χ3v) is 3.01. The first-order valence-corrected chi connectivity index (χ1v) is 6.26. The van der Waals surface area contributed by atoms with Crippen LogP contribution in [0.15, 0.2) is 0 Å². The zero-order valence-corrected chi connectivity index (χ0v) is 11.3. The van der Waals surface area contributed by atoms with Crippen LogP contribution < -0.4 is 21.3 Å². The molecule has 1 fully saturated rings. The second kappa shape index (κ2) is 7.70. The van der Waals surface area contributed by atoms with Gasteiger partial charge < -0.3 is 16.0 Å². The first-order chi connectivity index (χ1) is 9.08. The first-order valence-electron chi connectivity index (χ1n) is 6.26. The summed E-state index contributed by atoms with van der Waals surface area (Å²) in [6.45, 7) is 2.50. The summed E-state index contributed by atoms with van der Waals surface area (Å²) >= 11 is 0. The number of urea groups is 1. The molecule has 1 aliphatic rings. The normalized spacial score (nSPS) is 19.6. The molecule has 1 heterocycles. The van der Waals surface area contributed by atoms with Crippen LogP contribution in [0, 0.1) is 0 Å². The second-order valence-electron chi connectivity index (χ2n) is 4.25. The Hall–Kier alpha value is -1.67. The molecule has 1 atom stereocenters. The van der Waals surface area contributed by atoms with Gasteiger partial charge in [0.05, 0.1) is 0 Å². The lowest BCUT2D eigenvalue weighted by atomic mass is 10.1. The van der Waals surface area contributed by atoms with E-state index in [9.17, 15) is 14.4 Å². The summed E-state index contributed by atoms with van der Waals surface area (Å²) in [6.07, 6.45) is 0.181. The highest BCUT2D eigenvalue weighted by Gasteiger charge is 2.27. The van der Waals surface area contributed by atoms with E-state index in [-0.39, 0.29) is 24.3 Å². The molecule has 8 nitrogen and oxygen atoms in total. The molecule has 19 heavy (non-hydrogen) atoms. The quantitative estimate of drug-likeness (QED) is 0.467. The van der Waals surface area contributed by atoms with Crippen molar-refractivity contribution in [2.24, 2.45) is 0 Å². The van der Waals surface area contributed by atoms with Gasteiger partial charge in [0.15, 0.2) is 0 Å². The molecule has 0 aromatic rings. The van der Waals surface area contributed by atoms with Gasteiger partial charge in [0.25, 0.3) is 0 Å². The van der Waals surface area contributed by atoms with Crippen LogP contribution in [0.1, 0.15) is 6.42 Å². The summed E-state index contributed by atoms with van der Waals surface area (Å²) in [5.41, 5.74) is 0. The van der Waals surface area contributed by atoms with E-state index in [2.05, 4.69) is 21.3 Å². The average Bonchev–Trinajstić information content (AvgIpc) is 2.44. The van der Waals surface area contributed by atoms with Crippen LogP contribution >= 0.6 is 0 Å². The Labute approximate surface area is 112 Å². The fourth-order valence-electron chi connectivity index (χ4n) is 1.94. The van der Waals surface area contributed by atoms with Gasteiger partial charge in [0.1, 0.15) is 6.04 Å². The fraction of sp³-hybridized carbons (Fsp3) is 0.727. The lowest BCUT2D eigenvalue weighted by Crippen LogP contribution is -2.57. The summed E-state index contributed by atoms with van der Waals surface area (Å²) < 4.78 is 0.